The number of amides is 1. The number of likely N-dealkylation sites (tertiary alicyclic amines) is 1. The summed E-state index contributed by atoms with van der Waals surface area (Å²) in [4.78, 5) is 26.6. The predicted octanol–water partition coefficient (Wildman–Crippen LogP) is 3.01. The van der Waals surface area contributed by atoms with E-state index in [1.54, 1.807) is 0 Å². The van der Waals surface area contributed by atoms with Gasteiger partial charge in [0, 0.05) is 49.0 Å². The number of morpholine rings is 1. The van der Waals surface area contributed by atoms with Crippen LogP contribution in [0.4, 0.5) is 4.39 Å². The minimum atomic E-state index is -0.202. The van der Waals surface area contributed by atoms with Gasteiger partial charge in [-0.25, -0.2) is 14.4 Å². The summed E-state index contributed by atoms with van der Waals surface area (Å²) >= 11 is 0. The van der Waals surface area contributed by atoms with Crippen LogP contribution < -0.4 is 0 Å². The number of piperidine rings is 1. The largest absolute Gasteiger partial charge is 0.378 e. The van der Waals surface area contributed by atoms with Crippen molar-refractivity contribution in [2.75, 3.05) is 39.4 Å². The zero-order chi connectivity index (χ0) is 21.8. The van der Waals surface area contributed by atoms with Crippen molar-refractivity contribution >= 4 is 5.91 Å². The van der Waals surface area contributed by atoms with Gasteiger partial charge in [-0.05, 0) is 50.9 Å². The standard InChI is InChI=1S/C24H31FN4O2/c1-17-22(14-23(30)29-10-12-31-13-11-29)18(2)27-24(26-17)20-4-3-9-28(16-20)15-19-5-7-21(25)8-6-19/h5-8,20H,3-4,9-16H2,1-2H3/t20-/m1/s1. The van der Waals surface area contributed by atoms with Gasteiger partial charge in [0.2, 0.25) is 5.91 Å². The Labute approximate surface area is 183 Å². The molecule has 4 rings (SSSR count). The van der Waals surface area contributed by atoms with Crippen molar-refractivity contribution < 1.29 is 13.9 Å². The van der Waals surface area contributed by atoms with Gasteiger partial charge in [0.05, 0.1) is 19.6 Å². The fourth-order valence-electron chi connectivity index (χ4n) is 4.54. The minimum absolute atomic E-state index is 0.119. The number of rotatable bonds is 5. The predicted molar refractivity (Wildman–Crippen MR) is 116 cm³/mol. The van der Waals surface area contributed by atoms with Crippen molar-refractivity contribution in [1.82, 2.24) is 19.8 Å². The van der Waals surface area contributed by atoms with Gasteiger partial charge in [0.15, 0.2) is 0 Å². The number of aromatic nitrogens is 2. The second-order valence-electron chi connectivity index (χ2n) is 8.60. The van der Waals surface area contributed by atoms with E-state index in [9.17, 15) is 9.18 Å². The van der Waals surface area contributed by atoms with E-state index in [0.717, 1.165) is 60.8 Å². The normalized spacial score (nSPS) is 20.1. The van der Waals surface area contributed by atoms with Crippen LogP contribution in [0.3, 0.4) is 0 Å². The third-order valence-corrected chi connectivity index (χ3v) is 6.32. The Bertz CT molecular complexity index is 889. The Morgan fingerprint density at radius 1 is 1.10 bits per heavy atom. The molecule has 0 aliphatic carbocycles. The van der Waals surface area contributed by atoms with Crippen LogP contribution in [0.1, 0.15) is 47.1 Å². The van der Waals surface area contributed by atoms with Gasteiger partial charge in [-0.3, -0.25) is 9.69 Å². The Hall–Kier alpha value is -2.38. The first kappa shape index (κ1) is 21.8. The molecular weight excluding hydrogens is 395 g/mol. The fourth-order valence-corrected chi connectivity index (χ4v) is 4.54. The molecule has 31 heavy (non-hydrogen) atoms. The number of hydrogen-bond acceptors (Lipinski definition) is 5. The molecule has 2 aliphatic rings. The summed E-state index contributed by atoms with van der Waals surface area (Å²) in [6, 6.07) is 6.74. The number of carbonyl (C=O) groups is 1. The third-order valence-electron chi connectivity index (χ3n) is 6.32. The average molecular weight is 427 g/mol. The Morgan fingerprint density at radius 2 is 1.77 bits per heavy atom. The lowest BCUT2D eigenvalue weighted by Crippen LogP contribution is -2.41. The summed E-state index contributed by atoms with van der Waals surface area (Å²) < 4.78 is 18.5. The van der Waals surface area contributed by atoms with E-state index in [-0.39, 0.29) is 17.6 Å². The molecule has 1 aromatic heterocycles. The molecule has 0 unspecified atom stereocenters. The van der Waals surface area contributed by atoms with Crippen molar-refractivity contribution in [3.05, 3.63) is 58.4 Å². The van der Waals surface area contributed by atoms with Crippen molar-refractivity contribution in [2.45, 2.75) is 45.6 Å². The van der Waals surface area contributed by atoms with E-state index in [1.807, 2.05) is 30.9 Å². The molecule has 6 nitrogen and oxygen atoms in total. The molecular formula is C24H31FN4O2. The number of halogens is 1. The summed E-state index contributed by atoms with van der Waals surface area (Å²) in [5.41, 5.74) is 3.87. The Morgan fingerprint density at radius 3 is 2.45 bits per heavy atom. The van der Waals surface area contributed by atoms with Crippen molar-refractivity contribution in [3.8, 4) is 0 Å². The number of nitrogens with zero attached hydrogens (tertiary/aromatic N) is 4. The molecule has 0 bridgehead atoms. The average Bonchev–Trinajstić information content (AvgIpc) is 2.78. The summed E-state index contributed by atoms with van der Waals surface area (Å²) in [5, 5.41) is 0. The Balaban J connectivity index is 1.43. The van der Waals surface area contributed by atoms with Crippen LogP contribution in [0.5, 0.6) is 0 Å². The van der Waals surface area contributed by atoms with Crippen LogP contribution in [-0.4, -0.2) is 65.1 Å². The van der Waals surface area contributed by atoms with Crippen LogP contribution in [0.25, 0.3) is 0 Å². The second kappa shape index (κ2) is 9.83. The molecule has 2 aliphatic heterocycles. The number of benzene rings is 1. The quantitative estimate of drug-likeness (QED) is 0.736. The molecule has 1 atom stereocenters. The maximum absolute atomic E-state index is 13.2. The van der Waals surface area contributed by atoms with Gasteiger partial charge in [-0.1, -0.05) is 12.1 Å². The zero-order valence-electron chi connectivity index (χ0n) is 18.4. The molecule has 0 N–H and O–H groups in total. The summed E-state index contributed by atoms with van der Waals surface area (Å²) in [7, 11) is 0. The van der Waals surface area contributed by atoms with Crippen LogP contribution in [0, 0.1) is 19.7 Å². The number of aryl methyl sites for hydroxylation is 2. The van der Waals surface area contributed by atoms with E-state index in [1.165, 1.54) is 12.1 Å². The maximum Gasteiger partial charge on any atom is 0.227 e. The Kier molecular flexibility index (Phi) is 6.92. The second-order valence-corrected chi connectivity index (χ2v) is 8.60. The lowest BCUT2D eigenvalue weighted by atomic mass is 9.96. The molecule has 2 saturated heterocycles. The van der Waals surface area contributed by atoms with Crippen LogP contribution in [0.15, 0.2) is 24.3 Å². The van der Waals surface area contributed by atoms with Crippen molar-refractivity contribution in [1.29, 1.82) is 0 Å². The lowest BCUT2D eigenvalue weighted by Gasteiger charge is -2.32. The molecule has 2 aromatic rings. The molecule has 1 amide bonds. The lowest BCUT2D eigenvalue weighted by molar-refractivity contribution is -0.134. The molecule has 0 radical (unpaired) electrons. The van der Waals surface area contributed by atoms with Crippen LogP contribution in [-0.2, 0) is 22.5 Å². The highest BCUT2D eigenvalue weighted by atomic mass is 19.1. The van der Waals surface area contributed by atoms with Gasteiger partial charge in [-0.2, -0.15) is 0 Å². The first-order chi connectivity index (χ1) is 15.0. The van der Waals surface area contributed by atoms with Crippen molar-refractivity contribution in [2.24, 2.45) is 0 Å². The van der Waals surface area contributed by atoms with Crippen LogP contribution in [0.2, 0.25) is 0 Å². The zero-order valence-corrected chi connectivity index (χ0v) is 18.4. The molecule has 1 aromatic carbocycles. The molecule has 2 fully saturated rings. The topological polar surface area (TPSA) is 58.6 Å². The summed E-state index contributed by atoms with van der Waals surface area (Å²) in [5.74, 6) is 1.07. The fraction of sp³-hybridized carbons (Fsp3) is 0.542. The van der Waals surface area contributed by atoms with Gasteiger partial charge in [-0.15, -0.1) is 0 Å². The molecule has 166 valence electrons. The van der Waals surface area contributed by atoms with E-state index < -0.39 is 0 Å². The van der Waals surface area contributed by atoms with E-state index in [2.05, 4.69) is 4.90 Å². The minimum Gasteiger partial charge on any atom is -0.378 e. The number of hydrogen-bond donors (Lipinski definition) is 0. The van der Waals surface area contributed by atoms with Gasteiger partial charge in [0.25, 0.3) is 0 Å². The SMILES string of the molecule is Cc1nc([C@@H]2CCCN(Cc3ccc(F)cc3)C2)nc(C)c1CC(=O)N1CCOCC1. The highest BCUT2D eigenvalue weighted by Crippen LogP contribution is 2.27. The molecule has 3 heterocycles. The first-order valence-electron chi connectivity index (χ1n) is 11.2. The third kappa shape index (κ3) is 5.46. The van der Waals surface area contributed by atoms with Crippen molar-refractivity contribution in [3.63, 3.8) is 0 Å². The summed E-state index contributed by atoms with van der Waals surface area (Å²) in [6.07, 6.45) is 2.49. The number of carbonyl (C=O) groups excluding carboxylic acids is 1. The molecule has 0 saturated carbocycles. The first-order valence-corrected chi connectivity index (χ1v) is 11.2. The van der Waals surface area contributed by atoms with Crippen LogP contribution >= 0.6 is 0 Å². The van der Waals surface area contributed by atoms with Gasteiger partial charge < -0.3 is 9.64 Å². The highest BCUT2D eigenvalue weighted by molar-refractivity contribution is 5.79. The molecule has 0 spiro atoms. The molecule has 7 heteroatoms. The van der Waals surface area contributed by atoms with Gasteiger partial charge in [0.1, 0.15) is 11.6 Å². The monoisotopic (exact) mass is 426 g/mol. The smallest absolute Gasteiger partial charge is 0.227 e. The van der Waals surface area contributed by atoms with E-state index in [4.69, 9.17) is 14.7 Å². The van der Waals surface area contributed by atoms with E-state index in [0.29, 0.717) is 32.7 Å². The van der Waals surface area contributed by atoms with E-state index >= 15 is 0 Å². The van der Waals surface area contributed by atoms with Gasteiger partial charge >= 0.3 is 0 Å². The maximum atomic E-state index is 13.2. The highest BCUT2D eigenvalue weighted by Gasteiger charge is 2.26. The number of ether oxygens (including phenoxy) is 1. The summed E-state index contributed by atoms with van der Waals surface area (Å²) in [6.45, 7) is 9.22.